The molecule has 3 aromatic heterocycles. The van der Waals surface area contributed by atoms with Crippen LogP contribution in [0.3, 0.4) is 0 Å². The normalized spacial score (nSPS) is 18.0. The molecular weight excluding hydrogens is 516 g/mol. The monoisotopic (exact) mass is 552 g/mol. The summed E-state index contributed by atoms with van der Waals surface area (Å²) in [5.41, 5.74) is 13.5. The van der Waals surface area contributed by atoms with Crippen LogP contribution in [0.2, 0.25) is 0 Å². The highest BCUT2D eigenvalue weighted by Crippen LogP contribution is 2.44. The Balaban J connectivity index is 1.74. The number of aryl methyl sites for hydroxylation is 2. The first-order valence-corrected chi connectivity index (χ1v) is 14.3. The minimum atomic E-state index is -0.260. The molecule has 0 saturated carbocycles. The summed E-state index contributed by atoms with van der Waals surface area (Å²) in [4.78, 5) is 42.8. The van der Waals surface area contributed by atoms with Crippen molar-refractivity contribution in [2.75, 3.05) is 7.11 Å². The van der Waals surface area contributed by atoms with E-state index in [0.29, 0.717) is 6.42 Å². The number of Topliss-reactive ketones (excluding diaryl/α,β-unsaturated/α-hetero) is 1. The molecule has 212 valence electrons. The van der Waals surface area contributed by atoms with Crippen LogP contribution in [0, 0.1) is 13.8 Å². The lowest BCUT2D eigenvalue weighted by molar-refractivity contribution is -0.140. The number of fused-ring (bicyclic) bond motifs is 8. The number of esters is 1. The van der Waals surface area contributed by atoms with E-state index in [0.717, 1.165) is 90.2 Å². The third kappa shape index (κ3) is 4.23. The quantitative estimate of drug-likeness (QED) is 0.318. The van der Waals surface area contributed by atoms with Crippen LogP contribution >= 0.6 is 0 Å². The number of ketones is 1. The molecule has 0 saturated heterocycles. The van der Waals surface area contributed by atoms with Crippen LogP contribution in [0.25, 0.3) is 33.2 Å². The van der Waals surface area contributed by atoms with Crippen molar-refractivity contribution in [2.24, 2.45) is 0 Å². The van der Waals surface area contributed by atoms with Gasteiger partial charge in [0.1, 0.15) is 0 Å². The van der Waals surface area contributed by atoms with Gasteiger partial charge >= 0.3 is 5.97 Å². The highest BCUT2D eigenvalue weighted by molar-refractivity contribution is 6.13. The molecule has 3 aliphatic rings. The van der Waals surface area contributed by atoms with Gasteiger partial charge in [-0.3, -0.25) is 14.6 Å². The van der Waals surface area contributed by atoms with Gasteiger partial charge in [0, 0.05) is 63.6 Å². The highest BCUT2D eigenvalue weighted by Gasteiger charge is 2.36. The first kappa shape index (κ1) is 27.1. The van der Waals surface area contributed by atoms with E-state index in [1.807, 2.05) is 32.0 Å². The Labute approximate surface area is 238 Å². The smallest absolute Gasteiger partial charge is 0.305 e. The van der Waals surface area contributed by atoms with Gasteiger partial charge in [-0.2, -0.15) is 0 Å². The van der Waals surface area contributed by atoms with Gasteiger partial charge < -0.3 is 19.8 Å². The lowest BCUT2D eigenvalue weighted by Crippen LogP contribution is -2.09. The molecule has 41 heavy (non-hydrogen) atoms. The van der Waals surface area contributed by atoms with Gasteiger partial charge in [0.25, 0.3) is 0 Å². The van der Waals surface area contributed by atoms with Crippen LogP contribution in [-0.2, 0) is 22.6 Å². The SMILES string of the molecule is CCC1=C(C)c2cc3[nH]c(cc4nc(c5c6[nH]c(cc1n2)c(C)c6C(=O)C5)[C@@H](CCC(=O)OC)[C@@H]4C)c(C)c3CO. The number of hydrogen-bond acceptors (Lipinski definition) is 6. The zero-order valence-electron chi connectivity index (χ0n) is 24.5. The van der Waals surface area contributed by atoms with Gasteiger partial charge in [-0.15, -0.1) is 0 Å². The molecule has 0 fully saturated rings. The number of aromatic nitrogens is 4. The molecule has 1 aliphatic carbocycles. The van der Waals surface area contributed by atoms with Crippen LogP contribution in [-0.4, -0.2) is 43.9 Å². The van der Waals surface area contributed by atoms with E-state index in [4.69, 9.17) is 14.7 Å². The van der Waals surface area contributed by atoms with Gasteiger partial charge in [0.15, 0.2) is 5.78 Å². The maximum atomic E-state index is 13.4. The lowest BCUT2D eigenvalue weighted by Gasteiger charge is -2.16. The van der Waals surface area contributed by atoms with Gasteiger partial charge in [-0.1, -0.05) is 13.8 Å². The number of hydrogen-bond donors (Lipinski definition) is 3. The maximum Gasteiger partial charge on any atom is 0.305 e. The van der Waals surface area contributed by atoms with Crippen LogP contribution in [0.15, 0.2) is 18.2 Å². The van der Waals surface area contributed by atoms with Gasteiger partial charge in [0.05, 0.1) is 36.3 Å². The number of aliphatic hydroxyl groups excluding tert-OH is 1. The molecular formula is C33H36N4O4. The van der Waals surface area contributed by atoms with Gasteiger partial charge in [0.2, 0.25) is 0 Å². The summed E-state index contributed by atoms with van der Waals surface area (Å²) in [5, 5.41) is 10.3. The largest absolute Gasteiger partial charge is 0.469 e. The molecule has 8 heteroatoms. The maximum absolute atomic E-state index is 13.4. The fourth-order valence-corrected chi connectivity index (χ4v) is 6.78. The first-order chi connectivity index (χ1) is 19.7. The fraction of sp³-hybridized carbons (Fsp3) is 0.394. The Kier molecular flexibility index (Phi) is 6.69. The number of nitrogens with one attached hydrogen (secondary N) is 2. The predicted molar refractivity (Wildman–Crippen MR) is 160 cm³/mol. The number of H-pyrrole nitrogens is 2. The summed E-state index contributed by atoms with van der Waals surface area (Å²) >= 11 is 0. The number of allylic oxidation sites excluding steroid dienone is 2. The summed E-state index contributed by atoms with van der Waals surface area (Å²) in [7, 11) is 1.40. The predicted octanol–water partition coefficient (Wildman–Crippen LogP) is 6.34. The van der Waals surface area contributed by atoms with Crippen LogP contribution in [0.5, 0.6) is 0 Å². The van der Waals surface area contributed by atoms with Crippen LogP contribution in [0.1, 0.15) is 107 Å². The van der Waals surface area contributed by atoms with Crippen molar-refractivity contribution in [1.82, 2.24) is 19.9 Å². The molecule has 8 bridgehead atoms. The summed E-state index contributed by atoms with van der Waals surface area (Å²) in [5.74, 6) is -0.213. The van der Waals surface area contributed by atoms with Crippen LogP contribution < -0.4 is 0 Å². The fourth-order valence-electron chi connectivity index (χ4n) is 6.78. The van der Waals surface area contributed by atoms with Crippen molar-refractivity contribution >= 4 is 45.0 Å². The van der Waals surface area contributed by atoms with E-state index in [2.05, 4.69) is 30.7 Å². The Bertz CT molecular complexity index is 1820. The third-order valence-electron chi connectivity index (χ3n) is 9.28. The zero-order chi connectivity index (χ0) is 29.2. The molecule has 0 radical (unpaired) electrons. The standard InChI is InChI=1S/C33H36N4O4/c1-7-19-15(2)24-12-28-22(14-38)17(4)23(35-28)11-25-16(3)20(8-9-30(40)41-6)32(36-25)21-10-29(39)31-18(5)26(37-33(21)31)13-27(19)34-24/h11-13,16,20,35,37-38H,7-10,14H2,1-6H3/t16-,20-/m0/s1. The Morgan fingerprint density at radius 1 is 1.05 bits per heavy atom. The second-order valence-corrected chi connectivity index (χ2v) is 11.4. The van der Waals surface area contributed by atoms with E-state index in [1.54, 1.807) is 0 Å². The summed E-state index contributed by atoms with van der Waals surface area (Å²) in [6.07, 6.45) is 1.94. The van der Waals surface area contributed by atoms with Crippen LogP contribution in [0.4, 0.5) is 0 Å². The third-order valence-corrected chi connectivity index (χ3v) is 9.28. The van der Waals surface area contributed by atoms with Crippen molar-refractivity contribution in [3.63, 3.8) is 0 Å². The van der Waals surface area contributed by atoms with Gasteiger partial charge in [-0.25, -0.2) is 4.98 Å². The summed E-state index contributed by atoms with van der Waals surface area (Å²) in [6, 6.07) is 6.11. The Hall–Kier alpha value is -4.04. The molecule has 8 nitrogen and oxygen atoms in total. The Morgan fingerprint density at radius 2 is 1.78 bits per heavy atom. The molecule has 0 amide bonds. The van der Waals surface area contributed by atoms with E-state index in [-0.39, 0.29) is 43.0 Å². The Morgan fingerprint density at radius 3 is 2.49 bits per heavy atom. The summed E-state index contributed by atoms with van der Waals surface area (Å²) < 4.78 is 4.95. The van der Waals surface area contributed by atoms with E-state index >= 15 is 0 Å². The van der Waals surface area contributed by atoms with E-state index in [1.165, 1.54) is 7.11 Å². The van der Waals surface area contributed by atoms with Crippen molar-refractivity contribution in [2.45, 2.75) is 78.7 Å². The van der Waals surface area contributed by atoms with E-state index < -0.39 is 0 Å². The van der Waals surface area contributed by atoms with Crippen molar-refractivity contribution < 1.29 is 19.4 Å². The number of ether oxygens (including phenoxy) is 1. The average molecular weight is 553 g/mol. The lowest BCUT2D eigenvalue weighted by atomic mass is 9.85. The minimum Gasteiger partial charge on any atom is -0.469 e. The number of carbonyl (C=O) groups excluding carboxylic acids is 2. The highest BCUT2D eigenvalue weighted by atomic mass is 16.5. The minimum absolute atomic E-state index is 0.0139. The number of aliphatic hydroxyl groups is 1. The van der Waals surface area contributed by atoms with Gasteiger partial charge in [-0.05, 0) is 74.1 Å². The molecule has 2 atom stereocenters. The topological polar surface area (TPSA) is 121 Å². The second-order valence-electron chi connectivity index (χ2n) is 11.4. The van der Waals surface area contributed by atoms with Crippen molar-refractivity contribution in [3.8, 4) is 0 Å². The van der Waals surface area contributed by atoms with E-state index in [9.17, 15) is 14.7 Å². The molecule has 6 rings (SSSR count). The number of rotatable bonds is 5. The molecule has 3 aromatic rings. The second kappa shape index (κ2) is 10.1. The number of carbonyl (C=O) groups is 2. The zero-order valence-corrected chi connectivity index (χ0v) is 24.5. The number of nitrogens with zero attached hydrogens (tertiary/aromatic N) is 2. The number of methoxy groups -OCH3 is 1. The summed E-state index contributed by atoms with van der Waals surface area (Å²) in [6.45, 7) is 10.2. The molecule has 5 heterocycles. The molecule has 0 unspecified atom stereocenters. The van der Waals surface area contributed by atoms with Crippen molar-refractivity contribution in [1.29, 1.82) is 0 Å². The molecule has 0 spiro atoms. The van der Waals surface area contributed by atoms with Crippen molar-refractivity contribution in [3.05, 3.63) is 68.8 Å². The number of aromatic amines is 2. The molecule has 0 aromatic carbocycles. The first-order valence-electron chi connectivity index (χ1n) is 14.3. The molecule has 2 aliphatic heterocycles. The average Bonchev–Trinajstić information content (AvgIpc) is 3.70. The molecule has 3 N–H and O–H groups in total.